The predicted molar refractivity (Wildman–Crippen MR) is 55.4 cm³/mol. The van der Waals surface area contributed by atoms with E-state index in [0.29, 0.717) is 6.04 Å². The second-order valence-corrected chi connectivity index (χ2v) is 3.56. The lowest BCUT2D eigenvalue weighted by Crippen LogP contribution is -2.44. The summed E-state index contributed by atoms with van der Waals surface area (Å²) >= 11 is 0. The third-order valence-corrected chi connectivity index (χ3v) is 2.19. The van der Waals surface area contributed by atoms with Gasteiger partial charge in [0.2, 0.25) is 5.91 Å². The van der Waals surface area contributed by atoms with Crippen LogP contribution in [-0.4, -0.2) is 18.0 Å². The Bertz CT molecular complexity index is 142. The van der Waals surface area contributed by atoms with Gasteiger partial charge in [-0.25, -0.2) is 0 Å². The summed E-state index contributed by atoms with van der Waals surface area (Å²) < 4.78 is 0. The highest BCUT2D eigenvalue weighted by Crippen LogP contribution is 2.05. The van der Waals surface area contributed by atoms with Gasteiger partial charge in [0.05, 0.1) is 6.04 Å². The maximum absolute atomic E-state index is 10.8. The monoisotopic (exact) mass is 186 g/mol. The Morgan fingerprint density at radius 3 is 2.08 bits per heavy atom. The van der Waals surface area contributed by atoms with Gasteiger partial charge in [0.25, 0.3) is 0 Å². The van der Waals surface area contributed by atoms with E-state index in [9.17, 15) is 4.79 Å². The first kappa shape index (κ1) is 12.4. The van der Waals surface area contributed by atoms with Crippen molar-refractivity contribution in [1.29, 1.82) is 0 Å². The van der Waals surface area contributed by atoms with Crippen LogP contribution in [0.1, 0.15) is 46.5 Å². The van der Waals surface area contributed by atoms with E-state index in [1.54, 1.807) is 0 Å². The van der Waals surface area contributed by atoms with E-state index in [4.69, 9.17) is 5.73 Å². The summed E-state index contributed by atoms with van der Waals surface area (Å²) in [5.41, 5.74) is 5.18. The average molecular weight is 186 g/mol. The zero-order chi connectivity index (χ0) is 10.3. The highest BCUT2D eigenvalue weighted by molar-refractivity contribution is 5.79. The van der Waals surface area contributed by atoms with E-state index < -0.39 is 0 Å². The number of nitrogens with one attached hydrogen (secondary N) is 1. The summed E-state index contributed by atoms with van der Waals surface area (Å²) in [7, 11) is 0. The van der Waals surface area contributed by atoms with Crippen LogP contribution in [0.4, 0.5) is 0 Å². The van der Waals surface area contributed by atoms with E-state index in [2.05, 4.69) is 19.2 Å². The minimum Gasteiger partial charge on any atom is -0.368 e. The molecule has 0 saturated carbocycles. The average Bonchev–Trinajstić information content (AvgIpc) is 2.05. The van der Waals surface area contributed by atoms with Gasteiger partial charge in [-0.05, 0) is 19.8 Å². The molecule has 1 amide bonds. The first-order valence-electron chi connectivity index (χ1n) is 5.17. The molecular formula is C10H22N2O. The lowest BCUT2D eigenvalue weighted by Gasteiger charge is -2.20. The van der Waals surface area contributed by atoms with Gasteiger partial charge in [0, 0.05) is 6.04 Å². The van der Waals surface area contributed by atoms with Gasteiger partial charge >= 0.3 is 0 Å². The van der Waals surface area contributed by atoms with Gasteiger partial charge in [-0.15, -0.1) is 0 Å². The van der Waals surface area contributed by atoms with Gasteiger partial charge in [-0.2, -0.15) is 0 Å². The summed E-state index contributed by atoms with van der Waals surface area (Å²) in [6.07, 6.45) is 4.52. The van der Waals surface area contributed by atoms with Gasteiger partial charge in [-0.3, -0.25) is 4.79 Å². The van der Waals surface area contributed by atoms with E-state index in [1.165, 1.54) is 0 Å². The molecule has 0 radical (unpaired) electrons. The van der Waals surface area contributed by atoms with Gasteiger partial charge < -0.3 is 11.1 Å². The first-order valence-corrected chi connectivity index (χ1v) is 5.17. The second-order valence-electron chi connectivity index (χ2n) is 3.56. The molecule has 78 valence electrons. The molecule has 0 aliphatic rings. The molecule has 0 aliphatic heterocycles. The number of nitrogens with two attached hydrogens (primary N) is 1. The molecule has 0 aromatic heterocycles. The lowest BCUT2D eigenvalue weighted by atomic mass is 10.1. The molecule has 1 unspecified atom stereocenters. The molecule has 0 spiro atoms. The second kappa shape index (κ2) is 6.89. The van der Waals surface area contributed by atoms with Gasteiger partial charge in [0.1, 0.15) is 0 Å². The fourth-order valence-electron chi connectivity index (χ4n) is 1.44. The molecule has 1 atom stereocenters. The Labute approximate surface area is 81.1 Å². The van der Waals surface area contributed by atoms with Crippen molar-refractivity contribution in [2.24, 2.45) is 5.73 Å². The Hall–Kier alpha value is -0.570. The zero-order valence-electron chi connectivity index (χ0n) is 8.97. The number of rotatable bonds is 7. The molecule has 0 bridgehead atoms. The topological polar surface area (TPSA) is 55.1 Å². The van der Waals surface area contributed by atoms with Crippen molar-refractivity contribution in [3.8, 4) is 0 Å². The quantitative estimate of drug-likeness (QED) is 0.631. The van der Waals surface area contributed by atoms with Crippen LogP contribution in [-0.2, 0) is 4.79 Å². The van der Waals surface area contributed by atoms with E-state index in [1.807, 2.05) is 6.92 Å². The first-order chi connectivity index (χ1) is 6.11. The Kier molecular flexibility index (Phi) is 6.59. The molecule has 0 heterocycles. The van der Waals surface area contributed by atoms with Crippen LogP contribution < -0.4 is 11.1 Å². The van der Waals surface area contributed by atoms with Crippen LogP contribution in [0.3, 0.4) is 0 Å². The minimum absolute atomic E-state index is 0.205. The molecule has 0 aliphatic carbocycles. The highest BCUT2D eigenvalue weighted by Gasteiger charge is 2.13. The largest absolute Gasteiger partial charge is 0.368 e. The summed E-state index contributed by atoms with van der Waals surface area (Å²) in [5, 5.41) is 3.24. The van der Waals surface area contributed by atoms with Crippen molar-refractivity contribution in [2.75, 3.05) is 0 Å². The maximum atomic E-state index is 10.8. The van der Waals surface area contributed by atoms with Gasteiger partial charge in [0.15, 0.2) is 0 Å². The number of carbonyl (C=O) groups excluding carboxylic acids is 1. The molecule has 0 aromatic carbocycles. The molecule has 3 heteroatoms. The van der Waals surface area contributed by atoms with Crippen LogP contribution >= 0.6 is 0 Å². The van der Waals surface area contributed by atoms with Gasteiger partial charge in [-0.1, -0.05) is 26.7 Å². The highest BCUT2D eigenvalue weighted by atomic mass is 16.1. The summed E-state index contributed by atoms with van der Waals surface area (Å²) in [6.45, 7) is 6.12. The fraction of sp³-hybridized carbons (Fsp3) is 0.900. The van der Waals surface area contributed by atoms with E-state index in [0.717, 1.165) is 25.7 Å². The van der Waals surface area contributed by atoms with Crippen LogP contribution in [0, 0.1) is 0 Å². The summed E-state index contributed by atoms with van der Waals surface area (Å²) in [5.74, 6) is -0.266. The summed E-state index contributed by atoms with van der Waals surface area (Å²) in [4.78, 5) is 10.8. The molecule has 0 rings (SSSR count). The Morgan fingerprint density at radius 2 is 1.77 bits per heavy atom. The van der Waals surface area contributed by atoms with E-state index in [-0.39, 0.29) is 11.9 Å². The SMILES string of the molecule is CCCC(CCC)NC(C)C(N)=O. The normalized spacial score (nSPS) is 13.2. The number of carbonyl (C=O) groups is 1. The maximum Gasteiger partial charge on any atom is 0.234 e. The van der Waals surface area contributed by atoms with Crippen molar-refractivity contribution in [3.63, 3.8) is 0 Å². The van der Waals surface area contributed by atoms with Crippen LogP contribution in [0.25, 0.3) is 0 Å². The number of hydrogen-bond donors (Lipinski definition) is 2. The molecule has 3 nitrogen and oxygen atoms in total. The lowest BCUT2D eigenvalue weighted by molar-refractivity contribution is -0.119. The fourth-order valence-corrected chi connectivity index (χ4v) is 1.44. The molecule has 0 saturated heterocycles. The third kappa shape index (κ3) is 5.64. The molecular weight excluding hydrogens is 164 g/mol. The van der Waals surface area contributed by atoms with E-state index >= 15 is 0 Å². The number of hydrogen-bond acceptors (Lipinski definition) is 2. The standard InChI is InChI=1S/C10H22N2O/c1-4-6-9(7-5-2)12-8(3)10(11)13/h8-9,12H,4-7H2,1-3H3,(H2,11,13). The molecule has 13 heavy (non-hydrogen) atoms. The van der Waals surface area contributed by atoms with Crippen molar-refractivity contribution in [1.82, 2.24) is 5.32 Å². The van der Waals surface area contributed by atoms with Crippen molar-refractivity contribution >= 4 is 5.91 Å². The van der Waals surface area contributed by atoms with Crippen LogP contribution in [0.2, 0.25) is 0 Å². The number of primary amides is 1. The van der Waals surface area contributed by atoms with Crippen molar-refractivity contribution in [3.05, 3.63) is 0 Å². The van der Waals surface area contributed by atoms with Crippen LogP contribution in [0.15, 0.2) is 0 Å². The Morgan fingerprint density at radius 1 is 1.31 bits per heavy atom. The smallest absolute Gasteiger partial charge is 0.234 e. The van der Waals surface area contributed by atoms with Crippen LogP contribution in [0.5, 0.6) is 0 Å². The Balaban J connectivity index is 3.85. The van der Waals surface area contributed by atoms with Crippen molar-refractivity contribution < 1.29 is 4.79 Å². The minimum atomic E-state index is -0.266. The molecule has 0 aromatic rings. The molecule has 3 N–H and O–H groups in total. The molecule has 0 fully saturated rings. The third-order valence-electron chi connectivity index (χ3n) is 2.19. The zero-order valence-corrected chi connectivity index (χ0v) is 8.97. The summed E-state index contributed by atoms with van der Waals surface area (Å²) in [6, 6.07) is 0.237. The van der Waals surface area contributed by atoms with Crippen molar-refractivity contribution in [2.45, 2.75) is 58.5 Å². The number of amides is 1. The predicted octanol–water partition coefficient (Wildman–Crippen LogP) is 1.42.